The van der Waals surface area contributed by atoms with Crippen LogP contribution in [0.25, 0.3) is 0 Å². The van der Waals surface area contributed by atoms with Gasteiger partial charge in [0, 0.05) is 12.0 Å². The topological polar surface area (TPSA) is 46.5 Å². The van der Waals surface area contributed by atoms with Crippen LogP contribution in [0, 0.1) is 0 Å². The molecule has 0 aliphatic heterocycles. The molecule has 1 aliphatic rings. The normalized spacial score (nSPS) is 16.4. The van der Waals surface area contributed by atoms with Gasteiger partial charge in [0.15, 0.2) is 0 Å². The van der Waals surface area contributed by atoms with Crippen LogP contribution < -0.4 is 0 Å². The second-order valence-corrected chi connectivity index (χ2v) is 9.12. The number of phenols is 1. The fraction of sp³-hybridized carbons (Fsp3) is 0.611. The van der Waals surface area contributed by atoms with Gasteiger partial charge in [0.05, 0.1) is 10.0 Å². The second-order valence-electron chi connectivity index (χ2n) is 7.06. The van der Waals surface area contributed by atoms with Gasteiger partial charge in [-0.3, -0.25) is 4.79 Å². The second kappa shape index (κ2) is 6.38. The first-order valence-electron chi connectivity index (χ1n) is 7.89. The molecule has 0 amide bonds. The molecule has 4 heteroatoms. The summed E-state index contributed by atoms with van der Waals surface area (Å²) < 4.78 is 5.08. The molecule has 0 spiro atoms. The number of alkyl halides is 1. The van der Waals surface area contributed by atoms with Gasteiger partial charge in [-0.2, -0.15) is 0 Å². The Balaban J connectivity index is 2.32. The van der Waals surface area contributed by atoms with E-state index in [1.165, 1.54) is 0 Å². The zero-order chi connectivity index (χ0) is 16.5. The maximum atomic E-state index is 11.6. The Morgan fingerprint density at radius 1 is 1.36 bits per heavy atom. The van der Waals surface area contributed by atoms with E-state index in [2.05, 4.69) is 49.4 Å². The number of aryl methyl sites for hydroxylation is 1. The summed E-state index contributed by atoms with van der Waals surface area (Å²) >= 11 is 2.44. The molecule has 0 heterocycles. The van der Waals surface area contributed by atoms with Crippen molar-refractivity contribution in [3.63, 3.8) is 0 Å². The van der Waals surface area contributed by atoms with E-state index in [0.717, 1.165) is 29.5 Å². The van der Waals surface area contributed by atoms with Crippen molar-refractivity contribution >= 4 is 28.6 Å². The number of aromatic hydroxyl groups is 1. The summed E-state index contributed by atoms with van der Waals surface area (Å²) in [6.45, 7) is 8.56. The summed E-state index contributed by atoms with van der Waals surface area (Å²) in [7, 11) is 0. The third kappa shape index (κ3) is 3.94. The van der Waals surface area contributed by atoms with Gasteiger partial charge in [0.2, 0.25) is 0 Å². The quantitative estimate of drug-likeness (QED) is 0.433. The van der Waals surface area contributed by atoms with Crippen molar-refractivity contribution in [2.24, 2.45) is 0 Å². The average Bonchev–Trinajstić information content (AvgIpc) is 3.15. The minimum Gasteiger partial charge on any atom is -0.507 e. The van der Waals surface area contributed by atoms with Crippen LogP contribution in [0.2, 0.25) is 0 Å². The molecule has 1 saturated carbocycles. The maximum absolute atomic E-state index is 11.6. The van der Waals surface area contributed by atoms with Crippen LogP contribution >= 0.6 is 22.6 Å². The number of esters is 1. The Bertz CT molecular complexity index is 542. The third-order valence-corrected chi connectivity index (χ3v) is 5.73. The van der Waals surface area contributed by atoms with E-state index in [0.29, 0.717) is 25.2 Å². The van der Waals surface area contributed by atoms with Crippen molar-refractivity contribution in [1.82, 2.24) is 0 Å². The summed E-state index contributed by atoms with van der Waals surface area (Å²) in [6.07, 6.45) is 3.25. The first-order chi connectivity index (χ1) is 10.2. The first kappa shape index (κ1) is 17.6. The molecule has 1 aromatic rings. The summed E-state index contributed by atoms with van der Waals surface area (Å²) in [5.41, 5.74) is 2.97. The SMILES string of the molecule is CCOC(=O)CCc1cc(C(C)(C)C)c(O)c(C2(I)CC2)c1. The average molecular weight is 416 g/mol. The van der Waals surface area contributed by atoms with Crippen LogP contribution in [0.5, 0.6) is 5.75 Å². The van der Waals surface area contributed by atoms with E-state index in [1.807, 2.05) is 13.0 Å². The van der Waals surface area contributed by atoms with Crippen molar-refractivity contribution in [2.75, 3.05) is 6.61 Å². The van der Waals surface area contributed by atoms with Gasteiger partial charge in [-0.15, -0.1) is 0 Å². The Labute approximate surface area is 146 Å². The highest BCUT2D eigenvalue weighted by Crippen LogP contribution is 2.58. The van der Waals surface area contributed by atoms with Crippen molar-refractivity contribution < 1.29 is 14.6 Å². The highest BCUT2D eigenvalue weighted by molar-refractivity contribution is 14.1. The summed E-state index contributed by atoms with van der Waals surface area (Å²) in [5.74, 6) is 0.268. The number of rotatable bonds is 5. The van der Waals surface area contributed by atoms with Gasteiger partial charge in [-0.1, -0.05) is 55.5 Å². The number of ether oxygens (including phenoxy) is 1. The number of hydrogen-bond acceptors (Lipinski definition) is 3. The monoisotopic (exact) mass is 416 g/mol. The Morgan fingerprint density at radius 3 is 2.50 bits per heavy atom. The summed E-state index contributed by atoms with van der Waals surface area (Å²) in [5, 5.41) is 10.7. The number of benzene rings is 1. The molecule has 0 radical (unpaired) electrons. The summed E-state index contributed by atoms with van der Waals surface area (Å²) in [6, 6.07) is 4.11. The van der Waals surface area contributed by atoms with Gasteiger partial charge in [0.1, 0.15) is 5.75 Å². The Hall–Kier alpha value is -0.780. The Kier molecular flexibility index (Phi) is 5.09. The van der Waals surface area contributed by atoms with Crippen molar-refractivity contribution in [2.45, 2.75) is 62.2 Å². The van der Waals surface area contributed by atoms with E-state index >= 15 is 0 Å². The van der Waals surface area contributed by atoms with E-state index in [4.69, 9.17) is 4.74 Å². The number of carbonyl (C=O) groups is 1. The van der Waals surface area contributed by atoms with Gasteiger partial charge >= 0.3 is 5.97 Å². The van der Waals surface area contributed by atoms with E-state index < -0.39 is 0 Å². The molecule has 1 aliphatic carbocycles. The van der Waals surface area contributed by atoms with Gasteiger partial charge in [0.25, 0.3) is 0 Å². The number of hydrogen-bond donors (Lipinski definition) is 1. The molecule has 3 nitrogen and oxygen atoms in total. The van der Waals surface area contributed by atoms with Crippen molar-refractivity contribution in [3.05, 3.63) is 28.8 Å². The molecule has 0 atom stereocenters. The van der Waals surface area contributed by atoms with Gasteiger partial charge in [-0.25, -0.2) is 0 Å². The van der Waals surface area contributed by atoms with E-state index in [1.54, 1.807) is 0 Å². The molecule has 0 bridgehead atoms. The number of phenolic OH excluding ortho intramolecular Hbond substituents is 1. The highest BCUT2D eigenvalue weighted by Gasteiger charge is 2.44. The Morgan fingerprint density at radius 2 is 2.00 bits per heavy atom. The number of halogens is 1. The highest BCUT2D eigenvalue weighted by atomic mass is 127. The predicted octanol–water partition coefficient (Wildman–Crippen LogP) is 4.61. The van der Waals surface area contributed by atoms with Crippen LogP contribution in [0.15, 0.2) is 12.1 Å². The third-order valence-electron chi connectivity index (χ3n) is 4.07. The molecule has 122 valence electrons. The zero-order valence-corrected chi connectivity index (χ0v) is 16.0. The molecule has 1 fully saturated rings. The van der Waals surface area contributed by atoms with Crippen molar-refractivity contribution in [1.29, 1.82) is 0 Å². The van der Waals surface area contributed by atoms with Crippen LogP contribution in [-0.2, 0) is 24.8 Å². The maximum Gasteiger partial charge on any atom is 0.306 e. The molecule has 0 saturated heterocycles. The lowest BCUT2D eigenvalue weighted by Gasteiger charge is -2.25. The molecule has 2 rings (SSSR count). The predicted molar refractivity (Wildman–Crippen MR) is 96.7 cm³/mol. The lowest BCUT2D eigenvalue weighted by Crippen LogP contribution is -2.14. The minimum atomic E-state index is -0.162. The zero-order valence-electron chi connectivity index (χ0n) is 13.8. The standard InChI is InChI=1S/C18H25IO3/c1-5-22-15(20)7-6-12-10-13(17(2,3)4)16(21)14(11-12)18(19)8-9-18/h10-11,21H,5-9H2,1-4H3. The molecule has 1 N–H and O–H groups in total. The first-order valence-corrected chi connectivity index (χ1v) is 8.96. The lowest BCUT2D eigenvalue weighted by atomic mass is 9.83. The molecule has 22 heavy (non-hydrogen) atoms. The van der Waals surface area contributed by atoms with Gasteiger partial charge < -0.3 is 9.84 Å². The largest absolute Gasteiger partial charge is 0.507 e. The van der Waals surface area contributed by atoms with Crippen LogP contribution in [0.3, 0.4) is 0 Å². The summed E-state index contributed by atoms with van der Waals surface area (Å²) in [4.78, 5) is 11.6. The molecular weight excluding hydrogens is 391 g/mol. The van der Waals surface area contributed by atoms with E-state index in [9.17, 15) is 9.90 Å². The molecule has 1 aromatic carbocycles. The molecule has 0 unspecified atom stereocenters. The molecular formula is C18H25IO3. The fourth-order valence-corrected chi connectivity index (χ4v) is 3.29. The fourth-order valence-electron chi connectivity index (χ4n) is 2.61. The minimum absolute atomic E-state index is 0.0712. The van der Waals surface area contributed by atoms with Crippen LogP contribution in [-0.4, -0.2) is 17.7 Å². The van der Waals surface area contributed by atoms with Crippen LogP contribution in [0.1, 0.15) is 63.6 Å². The molecule has 0 aromatic heterocycles. The van der Waals surface area contributed by atoms with Crippen molar-refractivity contribution in [3.8, 4) is 5.75 Å². The lowest BCUT2D eigenvalue weighted by molar-refractivity contribution is -0.143. The van der Waals surface area contributed by atoms with Gasteiger partial charge in [-0.05, 0) is 42.7 Å². The number of carbonyl (C=O) groups excluding carboxylic acids is 1. The van der Waals surface area contributed by atoms with Crippen LogP contribution in [0.4, 0.5) is 0 Å². The smallest absolute Gasteiger partial charge is 0.306 e. The van der Waals surface area contributed by atoms with E-state index in [-0.39, 0.29) is 14.8 Å².